The van der Waals surface area contributed by atoms with Gasteiger partial charge in [0, 0.05) is 19.2 Å². The van der Waals surface area contributed by atoms with E-state index in [1.807, 2.05) is 13.8 Å². The summed E-state index contributed by atoms with van der Waals surface area (Å²) in [5, 5.41) is 3.22. The normalized spacial score (nSPS) is 24.8. The maximum atomic E-state index is 5.89. The second-order valence-electron chi connectivity index (χ2n) is 6.39. The number of likely N-dealkylation sites (tertiary alicyclic amines) is 1. The van der Waals surface area contributed by atoms with Crippen molar-refractivity contribution in [2.75, 3.05) is 26.2 Å². The molecule has 2 rings (SSSR count). The second kappa shape index (κ2) is 12.3. The highest BCUT2D eigenvalue weighted by Gasteiger charge is 2.29. The third-order valence-electron chi connectivity index (χ3n) is 4.53. The molecule has 132 valence electrons. The predicted molar refractivity (Wildman–Crippen MR) is 93.0 cm³/mol. The van der Waals surface area contributed by atoms with Crippen molar-refractivity contribution in [3.8, 4) is 0 Å². The fourth-order valence-corrected chi connectivity index (χ4v) is 3.34. The van der Waals surface area contributed by atoms with Crippen molar-refractivity contribution in [1.82, 2.24) is 10.2 Å². The molecule has 0 bridgehead atoms. The van der Waals surface area contributed by atoms with Crippen LogP contribution in [0, 0.1) is 0 Å². The number of hydrogen-bond acceptors (Lipinski definition) is 4. The van der Waals surface area contributed by atoms with Crippen LogP contribution >= 0.6 is 0 Å². The van der Waals surface area contributed by atoms with Crippen LogP contribution in [0.25, 0.3) is 0 Å². The first kappa shape index (κ1) is 19.9. The van der Waals surface area contributed by atoms with Crippen LogP contribution in [0.2, 0.25) is 0 Å². The number of unbranched alkanes of at least 4 members (excludes halogenated alkanes) is 1. The minimum Gasteiger partial charge on any atom is -0.353 e. The molecule has 0 saturated carbocycles. The van der Waals surface area contributed by atoms with Crippen LogP contribution in [0.1, 0.15) is 72.6 Å². The highest BCUT2D eigenvalue weighted by molar-refractivity contribution is 4.80. The van der Waals surface area contributed by atoms with E-state index in [2.05, 4.69) is 24.1 Å². The summed E-state index contributed by atoms with van der Waals surface area (Å²) in [6.07, 6.45) is 9.43. The van der Waals surface area contributed by atoms with Gasteiger partial charge >= 0.3 is 0 Å². The first-order valence-electron chi connectivity index (χ1n) is 9.42. The zero-order valence-electron chi connectivity index (χ0n) is 15.3. The van der Waals surface area contributed by atoms with Crippen molar-refractivity contribution in [3.63, 3.8) is 0 Å². The average Bonchev–Trinajstić information content (AvgIpc) is 3.19. The molecule has 4 heteroatoms. The van der Waals surface area contributed by atoms with Crippen molar-refractivity contribution < 1.29 is 9.47 Å². The zero-order chi connectivity index (χ0) is 16.2. The Labute approximate surface area is 137 Å². The maximum Gasteiger partial charge on any atom is 0.156 e. The third kappa shape index (κ3) is 7.91. The van der Waals surface area contributed by atoms with Gasteiger partial charge in [0.25, 0.3) is 0 Å². The van der Waals surface area contributed by atoms with Crippen LogP contribution in [-0.2, 0) is 9.47 Å². The lowest BCUT2D eigenvalue weighted by molar-refractivity contribution is -0.192. The average molecular weight is 315 g/mol. The SMILES string of the molecule is C1CCNC1.CCCCC1CCCN1C(C)OC(C)OCC. The zero-order valence-corrected chi connectivity index (χ0v) is 15.3. The Balaban J connectivity index is 0.000000406. The molecule has 1 N–H and O–H groups in total. The number of nitrogens with one attached hydrogen (secondary N) is 1. The number of rotatable bonds is 8. The minimum atomic E-state index is -0.0950. The summed E-state index contributed by atoms with van der Waals surface area (Å²) >= 11 is 0. The topological polar surface area (TPSA) is 33.7 Å². The molecule has 2 saturated heterocycles. The molecule has 3 unspecified atom stereocenters. The molecule has 3 atom stereocenters. The van der Waals surface area contributed by atoms with E-state index < -0.39 is 0 Å². The van der Waals surface area contributed by atoms with Crippen molar-refractivity contribution in [2.24, 2.45) is 0 Å². The Morgan fingerprint density at radius 1 is 1.14 bits per heavy atom. The van der Waals surface area contributed by atoms with Gasteiger partial charge in [0.05, 0.1) is 0 Å². The Kier molecular flexibility index (Phi) is 11.1. The van der Waals surface area contributed by atoms with Crippen LogP contribution < -0.4 is 5.32 Å². The summed E-state index contributed by atoms with van der Waals surface area (Å²) in [4.78, 5) is 2.51. The van der Waals surface area contributed by atoms with Gasteiger partial charge in [0.15, 0.2) is 6.29 Å². The highest BCUT2D eigenvalue weighted by atomic mass is 16.7. The van der Waals surface area contributed by atoms with E-state index in [0.717, 1.165) is 6.04 Å². The number of hydrogen-bond donors (Lipinski definition) is 1. The van der Waals surface area contributed by atoms with Crippen LogP contribution in [-0.4, -0.2) is 49.7 Å². The number of nitrogens with zero attached hydrogens (tertiary/aromatic N) is 1. The summed E-state index contributed by atoms with van der Waals surface area (Å²) in [5.74, 6) is 0. The van der Waals surface area contributed by atoms with Crippen LogP contribution in [0.15, 0.2) is 0 Å². The second-order valence-corrected chi connectivity index (χ2v) is 6.39. The van der Waals surface area contributed by atoms with Gasteiger partial charge < -0.3 is 14.8 Å². The van der Waals surface area contributed by atoms with Gasteiger partial charge in [-0.3, -0.25) is 4.90 Å². The van der Waals surface area contributed by atoms with E-state index in [1.54, 1.807) is 0 Å². The van der Waals surface area contributed by atoms with Gasteiger partial charge in [0.1, 0.15) is 6.23 Å². The monoisotopic (exact) mass is 314 g/mol. The van der Waals surface area contributed by atoms with E-state index in [0.29, 0.717) is 6.61 Å². The lowest BCUT2D eigenvalue weighted by Crippen LogP contribution is -2.40. The van der Waals surface area contributed by atoms with Gasteiger partial charge in [-0.15, -0.1) is 0 Å². The van der Waals surface area contributed by atoms with Crippen LogP contribution in [0.4, 0.5) is 0 Å². The van der Waals surface area contributed by atoms with Gasteiger partial charge in [-0.25, -0.2) is 0 Å². The molecule has 2 fully saturated rings. The van der Waals surface area contributed by atoms with Crippen molar-refractivity contribution >= 4 is 0 Å². The minimum absolute atomic E-state index is 0.0950. The van der Waals surface area contributed by atoms with E-state index in [1.165, 1.54) is 64.6 Å². The fourth-order valence-electron chi connectivity index (χ4n) is 3.34. The van der Waals surface area contributed by atoms with Gasteiger partial charge in [-0.2, -0.15) is 0 Å². The molecule has 22 heavy (non-hydrogen) atoms. The predicted octanol–water partition coefficient (Wildman–Crippen LogP) is 3.76. The first-order chi connectivity index (χ1) is 10.7. The summed E-state index contributed by atoms with van der Waals surface area (Å²) in [6.45, 7) is 12.8. The molecule has 0 aromatic heterocycles. The van der Waals surface area contributed by atoms with E-state index >= 15 is 0 Å². The maximum absolute atomic E-state index is 5.89. The van der Waals surface area contributed by atoms with E-state index in [9.17, 15) is 0 Å². The molecule has 0 spiro atoms. The quantitative estimate of drug-likeness (QED) is 0.692. The standard InChI is InChI=1S/C14H29NO2.C4H9N/c1-5-7-9-14-10-8-11-15(14)12(3)17-13(4)16-6-2;1-2-4-5-3-1/h12-14H,5-11H2,1-4H3;5H,1-4H2. The van der Waals surface area contributed by atoms with Crippen molar-refractivity contribution in [1.29, 1.82) is 0 Å². The fraction of sp³-hybridized carbons (Fsp3) is 1.00. The van der Waals surface area contributed by atoms with Crippen molar-refractivity contribution in [3.05, 3.63) is 0 Å². The molecule has 0 amide bonds. The highest BCUT2D eigenvalue weighted by Crippen LogP contribution is 2.25. The summed E-state index contributed by atoms with van der Waals surface area (Å²) in [7, 11) is 0. The third-order valence-corrected chi connectivity index (χ3v) is 4.53. The molecule has 4 nitrogen and oxygen atoms in total. The lowest BCUT2D eigenvalue weighted by atomic mass is 10.1. The molecule has 0 aliphatic carbocycles. The molecule has 0 aromatic carbocycles. The lowest BCUT2D eigenvalue weighted by Gasteiger charge is -2.32. The summed E-state index contributed by atoms with van der Waals surface area (Å²) in [6, 6.07) is 0.721. The largest absolute Gasteiger partial charge is 0.353 e. The molecular weight excluding hydrogens is 276 g/mol. The Morgan fingerprint density at radius 2 is 1.86 bits per heavy atom. The Hall–Kier alpha value is -0.160. The van der Waals surface area contributed by atoms with E-state index in [4.69, 9.17) is 9.47 Å². The Bertz CT molecular complexity index is 252. The van der Waals surface area contributed by atoms with E-state index in [-0.39, 0.29) is 12.5 Å². The summed E-state index contributed by atoms with van der Waals surface area (Å²) in [5.41, 5.74) is 0. The van der Waals surface area contributed by atoms with Crippen LogP contribution in [0.5, 0.6) is 0 Å². The molecule has 2 aliphatic heterocycles. The molecule has 2 aliphatic rings. The molecule has 2 heterocycles. The first-order valence-corrected chi connectivity index (χ1v) is 9.42. The van der Waals surface area contributed by atoms with Gasteiger partial charge in [0.2, 0.25) is 0 Å². The molecule has 0 aromatic rings. The molecular formula is C18H38N2O2. The van der Waals surface area contributed by atoms with Gasteiger partial charge in [-0.05, 0) is 66.0 Å². The Morgan fingerprint density at radius 3 is 2.41 bits per heavy atom. The van der Waals surface area contributed by atoms with Crippen LogP contribution in [0.3, 0.4) is 0 Å². The van der Waals surface area contributed by atoms with Crippen molar-refractivity contribution in [2.45, 2.75) is 91.2 Å². The molecule has 0 radical (unpaired) electrons. The smallest absolute Gasteiger partial charge is 0.156 e. The summed E-state index contributed by atoms with van der Waals surface area (Å²) < 4.78 is 11.3. The number of ether oxygens (including phenoxy) is 2. The van der Waals surface area contributed by atoms with Gasteiger partial charge in [-0.1, -0.05) is 19.8 Å².